The summed E-state index contributed by atoms with van der Waals surface area (Å²) in [7, 11) is 13.0. The van der Waals surface area contributed by atoms with Crippen LogP contribution in [0.1, 0.15) is 1.37 Å². The lowest BCUT2D eigenvalue weighted by molar-refractivity contribution is 1.59. The Kier molecular flexibility index (Phi) is 23.7. The van der Waals surface area contributed by atoms with Gasteiger partial charge in [-0.15, -0.1) is 15.6 Å². The molecule has 0 rings (SSSR count). The van der Waals surface area contributed by atoms with Gasteiger partial charge in [-0.1, -0.05) is 5.92 Å². The van der Waals surface area contributed by atoms with Crippen LogP contribution < -0.4 is 0 Å². The van der Waals surface area contributed by atoms with Gasteiger partial charge in [0.1, 0.15) is 1.37 Å². The Hall–Kier alpha value is -8.68. The van der Waals surface area contributed by atoms with Crippen LogP contribution in [-0.4, -0.2) is 20.6 Å². The van der Waals surface area contributed by atoms with Gasteiger partial charge < -0.3 is 0 Å². The predicted octanol–water partition coefficient (Wildman–Crippen LogP) is -0.446. The summed E-state index contributed by atoms with van der Waals surface area (Å²) >= 11 is 0. The number of terminal acetylenes is 1. The second-order valence-corrected chi connectivity index (χ2v) is 7.01. The molecule has 0 N–H and O–H groups in total. The van der Waals surface area contributed by atoms with Crippen molar-refractivity contribution in [1.82, 2.24) is 0 Å². The van der Waals surface area contributed by atoms with E-state index in [2.05, 4.69) is 252 Å². The molecular weight excluding hydrogens is 569 g/mol. The van der Waals surface area contributed by atoms with E-state index in [0.29, 0.717) is 0 Å². The monoisotopic (exact) mass is 573 g/mol. The molecule has 0 aromatic rings. The maximum atomic E-state index is 6.56. The smallest absolute Gasteiger partial charge is 0.125 e. The largest absolute Gasteiger partial charge is 0.137 e. The first kappa shape index (κ1) is 35.3. The normalized spacial score (nSPS) is 4.93. The minimum atomic E-state index is -1.18. The van der Waals surface area contributed by atoms with E-state index in [1.807, 2.05) is 6.40 Å². The summed E-state index contributed by atoms with van der Waals surface area (Å²) in [6.45, 7) is 0. The predicted molar refractivity (Wildman–Crippen MR) is 188 cm³/mol. The van der Waals surface area contributed by atoms with Crippen LogP contribution in [0.5, 0.6) is 0 Å². The molecule has 186 valence electrons. The summed E-state index contributed by atoms with van der Waals surface area (Å²) in [5, 5.41) is 0. The van der Waals surface area contributed by atoms with Crippen molar-refractivity contribution in [3.63, 3.8) is 0 Å². The van der Waals surface area contributed by atoms with Crippen LogP contribution in [0.4, 0.5) is 0 Å². The standard InChI is InChI=1S/C43H3B2P/c1-2-3-4-5-6-7-8-9-10-11-12-13-14-15-16-17-18-19-20-21-22-23-24-25-26-27-28-29-30-31-32-33-34-35-36-37-38-39-40-41-42-43(44,45)46/h1H,46H2/i1D. The van der Waals surface area contributed by atoms with Gasteiger partial charge in [-0.25, -0.2) is 0 Å². The molecule has 1 unspecified atom stereocenters. The van der Waals surface area contributed by atoms with Gasteiger partial charge in [0.15, 0.2) is 0 Å². The zero-order valence-electron chi connectivity index (χ0n) is 24.2. The van der Waals surface area contributed by atoms with E-state index in [-0.39, 0.29) is 0 Å². The van der Waals surface area contributed by atoms with Crippen LogP contribution >= 0.6 is 9.24 Å². The van der Waals surface area contributed by atoms with Crippen molar-refractivity contribution in [2.75, 3.05) is 0 Å². The molecule has 0 saturated heterocycles. The van der Waals surface area contributed by atoms with E-state index >= 15 is 0 Å². The second kappa shape index (κ2) is 30.9. The minimum Gasteiger partial charge on any atom is -0.137 e. The van der Waals surface area contributed by atoms with E-state index in [1.54, 1.807) is 0 Å². The molecule has 0 aromatic heterocycles. The van der Waals surface area contributed by atoms with Gasteiger partial charge in [-0.2, -0.15) is 0 Å². The van der Waals surface area contributed by atoms with Crippen LogP contribution in [0.3, 0.4) is 0 Å². The van der Waals surface area contributed by atoms with Gasteiger partial charge in [-0.05, 0) is 99.7 Å². The Morgan fingerprint density at radius 2 is 0.457 bits per heavy atom. The molecule has 0 aromatic carbocycles. The number of hydrogen-bond acceptors (Lipinski definition) is 0. The summed E-state index contributed by atoms with van der Waals surface area (Å²) in [6.07, 6.45) is 1.87. The quantitative estimate of drug-likeness (QED) is 0.210. The topological polar surface area (TPSA) is 0 Å². The summed E-state index contributed by atoms with van der Waals surface area (Å²) < 4.78 is 6.56. The van der Waals surface area contributed by atoms with Crippen LogP contribution in [-0.2, 0) is 0 Å². The lowest BCUT2D eigenvalue weighted by Crippen LogP contribution is -2.16. The summed E-state index contributed by atoms with van der Waals surface area (Å²) in [6, 6.07) is 0. The zero-order chi connectivity index (χ0) is 34.2. The van der Waals surface area contributed by atoms with E-state index < -0.39 is 4.95 Å². The van der Waals surface area contributed by atoms with Gasteiger partial charge in [0.25, 0.3) is 0 Å². The average molecular weight is 573 g/mol. The van der Waals surface area contributed by atoms with Gasteiger partial charge >= 0.3 is 0 Å². The molecule has 0 aliphatic heterocycles. The van der Waals surface area contributed by atoms with Crippen molar-refractivity contribution < 1.29 is 1.37 Å². The summed E-state index contributed by atoms with van der Waals surface area (Å²) in [4.78, 5) is -1.18. The van der Waals surface area contributed by atoms with Crippen LogP contribution in [0.2, 0.25) is 0 Å². The fourth-order valence-electron chi connectivity index (χ4n) is 1.33. The zero-order valence-corrected chi connectivity index (χ0v) is 24.4. The SMILES string of the molecule is [2H]C#CC#CC#CC#CC#CC#CC#CC#CC#CC#CC#CC#CC#CC#CC#CC#CC#CC#CC#CC#CC#CC([B])([B])P. The molecule has 0 nitrogen and oxygen atoms in total. The first-order valence-corrected chi connectivity index (χ1v) is 11.9. The van der Waals surface area contributed by atoms with Gasteiger partial charge in [-0.3, -0.25) is 0 Å². The third-order valence-corrected chi connectivity index (χ3v) is 2.86. The molecule has 4 radical (unpaired) electrons. The Labute approximate surface area is 279 Å². The van der Waals surface area contributed by atoms with Crippen molar-refractivity contribution in [3.8, 4) is 249 Å². The molecule has 0 bridgehead atoms. The van der Waals surface area contributed by atoms with Crippen LogP contribution in [0.15, 0.2) is 0 Å². The number of rotatable bonds is 0. The van der Waals surface area contributed by atoms with E-state index in [9.17, 15) is 0 Å². The highest BCUT2D eigenvalue weighted by molar-refractivity contribution is 7.27. The molecule has 0 heterocycles. The van der Waals surface area contributed by atoms with E-state index in [0.717, 1.165) is 0 Å². The fraction of sp³-hybridized carbons (Fsp3) is 0.0233. The summed E-state index contributed by atoms with van der Waals surface area (Å²) in [5.41, 5.74) is 0. The fourth-order valence-corrected chi connectivity index (χ4v) is 1.40. The first-order valence-electron chi connectivity index (χ1n) is 11.9. The number of hydrogen-bond donors (Lipinski definition) is 0. The highest BCUT2D eigenvalue weighted by Gasteiger charge is 2.01. The molecule has 0 aliphatic carbocycles. The Bertz CT molecular complexity index is 2680. The van der Waals surface area contributed by atoms with Crippen molar-refractivity contribution in [1.29, 1.82) is 0 Å². The molecule has 1 atom stereocenters. The highest BCUT2D eigenvalue weighted by Crippen LogP contribution is 2.04. The Morgan fingerprint density at radius 3 is 0.609 bits per heavy atom. The lowest BCUT2D eigenvalue weighted by Gasteiger charge is -2.06. The van der Waals surface area contributed by atoms with Crippen LogP contribution in [0, 0.1) is 249 Å². The molecule has 0 fully saturated rings. The van der Waals surface area contributed by atoms with E-state index in [1.165, 1.54) is 0 Å². The van der Waals surface area contributed by atoms with Crippen molar-refractivity contribution in [3.05, 3.63) is 0 Å². The van der Waals surface area contributed by atoms with Gasteiger partial charge in [0, 0.05) is 142 Å². The second-order valence-electron chi connectivity index (χ2n) is 6.06. The van der Waals surface area contributed by atoms with Crippen molar-refractivity contribution in [2.24, 2.45) is 0 Å². The minimum absolute atomic E-state index is 1.18. The molecule has 3 heteroatoms. The maximum Gasteiger partial charge on any atom is 0.125 e. The lowest BCUT2D eigenvalue weighted by atomic mass is 9.70. The van der Waals surface area contributed by atoms with Crippen molar-refractivity contribution in [2.45, 2.75) is 4.95 Å². The van der Waals surface area contributed by atoms with E-state index in [4.69, 9.17) is 17.1 Å². The molecule has 46 heavy (non-hydrogen) atoms. The average Bonchev–Trinajstić information content (AvgIpc) is 3.05. The van der Waals surface area contributed by atoms with Gasteiger partial charge in [0.2, 0.25) is 0 Å². The molecule has 0 saturated carbocycles. The molecule has 0 aliphatic rings. The van der Waals surface area contributed by atoms with Crippen molar-refractivity contribution >= 4 is 24.9 Å². The van der Waals surface area contributed by atoms with Crippen LogP contribution in [0.25, 0.3) is 0 Å². The molecule has 0 amide bonds. The summed E-state index contributed by atoms with van der Waals surface area (Å²) in [5.74, 6) is 101. The third kappa shape index (κ3) is 35.3. The first-order chi connectivity index (χ1) is 23.1. The Balaban J connectivity index is 4.56. The molecular formula is C43H3B2P. The highest BCUT2D eigenvalue weighted by atomic mass is 31.0. The molecule has 0 spiro atoms. The Morgan fingerprint density at radius 1 is 0.304 bits per heavy atom. The maximum absolute atomic E-state index is 6.56. The third-order valence-electron chi connectivity index (χ3n) is 2.72. The van der Waals surface area contributed by atoms with Gasteiger partial charge in [0.05, 0.1) is 15.7 Å².